The number of hydrogen-bond acceptors (Lipinski definition) is 3. The minimum atomic E-state index is 0.216. The van der Waals surface area contributed by atoms with Gasteiger partial charge in [-0.1, -0.05) is 17.7 Å². The second kappa shape index (κ2) is 5.74. The van der Waals surface area contributed by atoms with Crippen molar-refractivity contribution in [1.82, 2.24) is 10.2 Å². The lowest BCUT2D eigenvalue weighted by Crippen LogP contribution is -2.46. The molecule has 1 aromatic rings. The van der Waals surface area contributed by atoms with Crippen LogP contribution >= 0.6 is 0 Å². The smallest absolute Gasteiger partial charge is 0.120 e. The fourth-order valence-electron chi connectivity index (χ4n) is 3.84. The standard InChI is InChI=1S/C17H26N2O/c1-12-5-6-17(20)16(10-12)13(2)18-14-7-9-19-8-3-4-15(19)11-14/h5-6,10,13-15,18,20H,3-4,7-9,11H2,1-2H3. The number of phenols is 1. The van der Waals surface area contributed by atoms with Crippen LogP contribution in [0.25, 0.3) is 0 Å². The molecule has 3 heteroatoms. The van der Waals surface area contributed by atoms with Gasteiger partial charge in [0.25, 0.3) is 0 Å². The van der Waals surface area contributed by atoms with Crippen LogP contribution in [0.5, 0.6) is 5.75 Å². The number of piperidine rings is 1. The number of nitrogens with zero attached hydrogens (tertiary/aromatic N) is 1. The van der Waals surface area contributed by atoms with Gasteiger partial charge in [-0.15, -0.1) is 0 Å². The zero-order valence-electron chi connectivity index (χ0n) is 12.6. The molecule has 0 aromatic heterocycles. The molecule has 3 nitrogen and oxygen atoms in total. The zero-order chi connectivity index (χ0) is 14.1. The Kier molecular flexibility index (Phi) is 3.99. The predicted octanol–water partition coefficient (Wildman–Crippen LogP) is 2.98. The summed E-state index contributed by atoms with van der Waals surface area (Å²) >= 11 is 0. The topological polar surface area (TPSA) is 35.5 Å². The van der Waals surface area contributed by atoms with Gasteiger partial charge in [-0.3, -0.25) is 0 Å². The maximum absolute atomic E-state index is 10.0. The molecule has 0 amide bonds. The van der Waals surface area contributed by atoms with Crippen LogP contribution in [0.3, 0.4) is 0 Å². The number of nitrogens with one attached hydrogen (secondary N) is 1. The summed E-state index contributed by atoms with van der Waals surface area (Å²) in [5, 5.41) is 13.8. The van der Waals surface area contributed by atoms with Crippen LogP contribution in [0, 0.1) is 6.92 Å². The Morgan fingerprint density at radius 3 is 3.00 bits per heavy atom. The Morgan fingerprint density at radius 2 is 2.15 bits per heavy atom. The zero-order valence-corrected chi connectivity index (χ0v) is 12.6. The molecule has 2 aliphatic heterocycles. The summed E-state index contributed by atoms with van der Waals surface area (Å²) in [6.07, 6.45) is 5.22. The lowest BCUT2D eigenvalue weighted by molar-refractivity contribution is 0.162. The van der Waals surface area contributed by atoms with Crippen LogP contribution in [-0.2, 0) is 0 Å². The average Bonchev–Trinajstić information content (AvgIpc) is 2.89. The fraction of sp³-hybridized carbons (Fsp3) is 0.647. The number of phenolic OH excluding ortho intramolecular Hbond substituents is 1. The van der Waals surface area contributed by atoms with Crippen molar-refractivity contribution in [1.29, 1.82) is 0 Å². The molecule has 3 atom stereocenters. The van der Waals surface area contributed by atoms with Gasteiger partial charge in [0.15, 0.2) is 0 Å². The van der Waals surface area contributed by atoms with Crippen molar-refractivity contribution in [2.45, 2.75) is 57.7 Å². The third kappa shape index (κ3) is 2.84. The molecule has 2 aliphatic rings. The molecule has 0 spiro atoms. The molecule has 110 valence electrons. The van der Waals surface area contributed by atoms with Gasteiger partial charge in [-0.2, -0.15) is 0 Å². The summed E-state index contributed by atoms with van der Waals surface area (Å²) in [7, 11) is 0. The molecule has 2 fully saturated rings. The van der Waals surface area contributed by atoms with E-state index in [4.69, 9.17) is 0 Å². The van der Waals surface area contributed by atoms with Crippen molar-refractivity contribution in [3.05, 3.63) is 29.3 Å². The number of rotatable bonds is 3. The summed E-state index contributed by atoms with van der Waals surface area (Å²) in [6, 6.07) is 7.46. The van der Waals surface area contributed by atoms with E-state index in [1.54, 1.807) is 0 Å². The highest BCUT2D eigenvalue weighted by Crippen LogP contribution is 2.30. The first-order valence-electron chi connectivity index (χ1n) is 7.93. The van der Waals surface area contributed by atoms with Crippen LogP contribution < -0.4 is 5.32 Å². The van der Waals surface area contributed by atoms with Gasteiger partial charge in [0.2, 0.25) is 0 Å². The van der Waals surface area contributed by atoms with E-state index in [1.807, 2.05) is 12.1 Å². The van der Waals surface area contributed by atoms with E-state index in [1.165, 1.54) is 44.3 Å². The van der Waals surface area contributed by atoms with Gasteiger partial charge >= 0.3 is 0 Å². The molecule has 0 bridgehead atoms. The number of fused-ring (bicyclic) bond motifs is 1. The summed E-state index contributed by atoms with van der Waals surface area (Å²) < 4.78 is 0. The minimum absolute atomic E-state index is 0.216. The maximum Gasteiger partial charge on any atom is 0.120 e. The van der Waals surface area contributed by atoms with Crippen LogP contribution in [-0.4, -0.2) is 35.2 Å². The normalized spacial score (nSPS) is 28.3. The molecule has 20 heavy (non-hydrogen) atoms. The van der Waals surface area contributed by atoms with Crippen molar-refractivity contribution in [3.8, 4) is 5.75 Å². The lowest BCUT2D eigenvalue weighted by Gasteiger charge is -2.36. The van der Waals surface area contributed by atoms with Gasteiger partial charge in [-0.25, -0.2) is 0 Å². The Bertz CT molecular complexity index is 474. The Labute approximate surface area is 122 Å². The summed E-state index contributed by atoms with van der Waals surface area (Å²) in [6.45, 7) is 6.77. The number of hydrogen-bond donors (Lipinski definition) is 2. The monoisotopic (exact) mass is 274 g/mol. The van der Waals surface area contributed by atoms with Crippen LogP contribution in [0.4, 0.5) is 0 Å². The predicted molar refractivity (Wildman–Crippen MR) is 82.0 cm³/mol. The van der Waals surface area contributed by atoms with Crippen molar-refractivity contribution < 1.29 is 5.11 Å². The molecule has 3 rings (SSSR count). The Morgan fingerprint density at radius 1 is 1.30 bits per heavy atom. The molecular formula is C17H26N2O. The molecular weight excluding hydrogens is 248 g/mol. The van der Waals surface area contributed by atoms with E-state index in [2.05, 4.69) is 30.1 Å². The van der Waals surface area contributed by atoms with Gasteiger partial charge in [-0.05, 0) is 58.7 Å². The van der Waals surface area contributed by atoms with E-state index in [9.17, 15) is 5.11 Å². The molecule has 0 radical (unpaired) electrons. The van der Waals surface area contributed by atoms with Crippen molar-refractivity contribution in [3.63, 3.8) is 0 Å². The van der Waals surface area contributed by atoms with E-state index in [-0.39, 0.29) is 6.04 Å². The van der Waals surface area contributed by atoms with Crippen molar-refractivity contribution in [2.24, 2.45) is 0 Å². The van der Waals surface area contributed by atoms with Crippen LogP contribution in [0.15, 0.2) is 18.2 Å². The van der Waals surface area contributed by atoms with Crippen LogP contribution in [0.2, 0.25) is 0 Å². The lowest BCUT2D eigenvalue weighted by atomic mass is 9.95. The largest absolute Gasteiger partial charge is 0.508 e. The first-order valence-corrected chi connectivity index (χ1v) is 7.93. The van der Waals surface area contributed by atoms with Crippen molar-refractivity contribution >= 4 is 0 Å². The van der Waals surface area contributed by atoms with Gasteiger partial charge in [0.05, 0.1) is 0 Å². The third-order valence-electron chi connectivity index (χ3n) is 4.96. The fourth-order valence-corrected chi connectivity index (χ4v) is 3.84. The van der Waals surface area contributed by atoms with Crippen molar-refractivity contribution in [2.75, 3.05) is 13.1 Å². The summed E-state index contributed by atoms with van der Waals surface area (Å²) in [5.74, 6) is 0.411. The van der Waals surface area contributed by atoms with Gasteiger partial charge < -0.3 is 15.3 Å². The van der Waals surface area contributed by atoms with E-state index >= 15 is 0 Å². The number of benzene rings is 1. The quantitative estimate of drug-likeness (QED) is 0.889. The molecule has 2 N–H and O–H groups in total. The highest BCUT2D eigenvalue weighted by Gasteiger charge is 2.32. The third-order valence-corrected chi connectivity index (χ3v) is 4.96. The maximum atomic E-state index is 10.0. The van der Waals surface area contributed by atoms with E-state index < -0.39 is 0 Å². The second-order valence-electron chi connectivity index (χ2n) is 6.50. The SMILES string of the molecule is Cc1ccc(O)c(C(C)NC2CCN3CCCC3C2)c1. The summed E-state index contributed by atoms with van der Waals surface area (Å²) in [4.78, 5) is 2.65. The molecule has 1 aromatic carbocycles. The molecule has 2 heterocycles. The number of aryl methyl sites for hydroxylation is 1. The second-order valence-corrected chi connectivity index (χ2v) is 6.50. The first kappa shape index (κ1) is 13.9. The van der Waals surface area contributed by atoms with E-state index in [0.717, 1.165) is 11.6 Å². The molecule has 3 unspecified atom stereocenters. The highest BCUT2D eigenvalue weighted by molar-refractivity contribution is 5.37. The average molecular weight is 274 g/mol. The van der Waals surface area contributed by atoms with Gasteiger partial charge in [0, 0.05) is 23.7 Å². The first-order chi connectivity index (χ1) is 9.63. The minimum Gasteiger partial charge on any atom is -0.508 e. The van der Waals surface area contributed by atoms with Crippen LogP contribution in [0.1, 0.15) is 49.8 Å². The Hall–Kier alpha value is -1.06. The molecule has 2 saturated heterocycles. The Balaban J connectivity index is 1.64. The van der Waals surface area contributed by atoms with E-state index in [0.29, 0.717) is 11.8 Å². The molecule has 0 saturated carbocycles. The van der Waals surface area contributed by atoms with Gasteiger partial charge in [0.1, 0.15) is 5.75 Å². The molecule has 0 aliphatic carbocycles. The summed E-state index contributed by atoms with van der Waals surface area (Å²) in [5.41, 5.74) is 2.23. The highest BCUT2D eigenvalue weighted by atomic mass is 16.3. The number of aromatic hydroxyl groups is 1.